The lowest BCUT2D eigenvalue weighted by atomic mass is 9.65. The van der Waals surface area contributed by atoms with Crippen molar-refractivity contribution in [3.05, 3.63) is 16.3 Å². The molecule has 1 spiro atoms. The fourth-order valence-corrected chi connectivity index (χ4v) is 5.35. The summed E-state index contributed by atoms with van der Waals surface area (Å²) >= 11 is 0.951. The van der Waals surface area contributed by atoms with Crippen molar-refractivity contribution >= 4 is 27.3 Å². The highest BCUT2D eigenvalue weighted by Crippen LogP contribution is 2.49. The highest BCUT2D eigenvalue weighted by Gasteiger charge is 2.51. The van der Waals surface area contributed by atoms with E-state index >= 15 is 0 Å². The molecule has 1 saturated carbocycles. The Balaban J connectivity index is 1.80. The molecule has 0 bridgehead atoms. The van der Waals surface area contributed by atoms with Crippen LogP contribution in [0.25, 0.3) is 0 Å². The van der Waals surface area contributed by atoms with Gasteiger partial charge in [-0.2, -0.15) is 4.31 Å². The van der Waals surface area contributed by atoms with Gasteiger partial charge in [-0.05, 0) is 24.3 Å². The Bertz CT molecular complexity index is 592. The van der Waals surface area contributed by atoms with Gasteiger partial charge in [0.15, 0.2) is 0 Å². The first-order valence-corrected chi connectivity index (χ1v) is 8.07. The molecule has 1 aromatic heterocycles. The van der Waals surface area contributed by atoms with Gasteiger partial charge in [0.25, 0.3) is 0 Å². The van der Waals surface area contributed by atoms with Gasteiger partial charge in [0.05, 0.1) is 4.90 Å². The molecule has 1 aliphatic heterocycles. The molecule has 0 radical (unpaired) electrons. The van der Waals surface area contributed by atoms with E-state index in [4.69, 9.17) is 5.11 Å². The number of aromatic carboxylic acids is 1. The Morgan fingerprint density at radius 3 is 2.50 bits per heavy atom. The Labute approximate surface area is 109 Å². The Morgan fingerprint density at radius 1 is 1.39 bits per heavy atom. The largest absolute Gasteiger partial charge is 0.477 e. The van der Waals surface area contributed by atoms with Crippen molar-refractivity contribution in [2.45, 2.75) is 24.2 Å². The maximum absolute atomic E-state index is 12.2. The molecule has 98 valence electrons. The van der Waals surface area contributed by atoms with Crippen LogP contribution in [-0.2, 0) is 10.0 Å². The lowest BCUT2D eigenvalue weighted by Crippen LogP contribution is -2.61. The van der Waals surface area contributed by atoms with Gasteiger partial charge < -0.3 is 5.11 Å². The molecule has 5 nitrogen and oxygen atoms in total. The molecule has 0 aromatic carbocycles. The number of carboxylic acid groups (broad SMARTS) is 1. The van der Waals surface area contributed by atoms with Crippen LogP contribution in [-0.4, -0.2) is 36.9 Å². The van der Waals surface area contributed by atoms with Gasteiger partial charge >= 0.3 is 5.97 Å². The molecule has 1 N–H and O–H groups in total. The first-order valence-electron chi connectivity index (χ1n) is 5.75. The van der Waals surface area contributed by atoms with E-state index in [2.05, 4.69) is 0 Å². The van der Waals surface area contributed by atoms with E-state index in [0.717, 1.165) is 24.2 Å². The van der Waals surface area contributed by atoms with Crippen LogP contribution in [0.3, 0.4) is 0 Å². The number of nitrogens with zero attached hydrogens (tertiary/aromatic N) is 1. The van der Waals surface area contributed by atoms with Crippen LogP contribution in [0, 0.1) is 5.41 Å². The summed E-state index contributed by atoms with van der Waals surface area (Å²) < 4.78 is 25.9. The number of thiophene rings is 1. The molecular weight excluding hydrogens is 274 g/mol. The monoisotopic (exact) mass is 287 g/mol. The summed E-state index contributed by atoms with van der Waals surface area (Å²) in [4.78, 5) is 10.9. The van der Waals surface area contributed by atoms with Gasteiger partial charge in [0.1, 0.15) is 4.88 Å². The topological polar surface area (TPSA) is 74.7 Å². The zero-order valence-electron chi connectivity index (χ0n) is 9.63. The minimum absolute atomic E-state index is 0.0625. The molecule has 0 unspecified atom stereocenters. The molecule has 18 heavy (non-hydrogen) atoms. The van der Waals surface area contributed by atoms with Gasteiger partial charge in [-0.15, -0.1) is 11.3 Å². The van der Waals surface area contributed by atoms with E-state index in [-0.39, 0.29) is 15.2 Å². The lowest BCUT2D eigenvalue weighted by Gasteiger charge is -2.54. The summed E-state index contributed by atoms with van der Waals surface area (Å²) in [5.41, 5.74) is 0.235. The molecule has 1 aliphatic carbocycles. The summed E-state index contributed by atoms with van der Waals surface area (Å²) in [5.74, 6) is -1.08. The Kier molecular flexibility index (Phi) is 2.55. The molecule has 2 aliphatic rings. The van der Waals surface area contributed by atoms with Crippen molar-refractivity contribution in [2.24, 2.45) is 5.41 Å². The summed E-state index contributed by atoms with van der Waals surface area (Å²) in [5, 5.41) is 10.2. The maximum atomic E-state index is 12.2. The molecule has 0 atom stereocenters. The predicted octanol–water partition coefficient (Wildman–Crippen LogP) is 1.62. The van der Waals surface area contributed by atoms with Crippen LogP contribution in [0.1, 0.15) is 28.9 Å². The second kappa shape index (κ2) is 3.79. The van der Waals surface area contributed by atoms with Gasteiger partial charge in [0, 0.05) is 18.5 Å². The third kappa shape index (κ3) is 1.69. The standard InChI is InChI=1S/C11H13NO4S2/c13-10(14)9-4-8(5-17-9)18(15,16)12-6-11(7-12)2-1-3-11/h4-5H,1-3,6-7H2,(H,13,14). The molecule has 0 amide bonds. The van der Waals surface area contributed by atoms with Gasteiger partial charge in [0.2, 0.25) is 10.0 Å². The molecule has 1 aromatic rings. The van der Waals surface area contributed by atoms with E-state index in [1.165, 1.54) is 22.2 Å². The van der Waals surface area contributed by atoms with Gasteiger partial charge in [-0.25, -0.2) is 13.2 Å². The molecule has 1 saturated heterocycles. The van der Waals surface area contributed by atoms with Crippen molar-refractivity contribution < 1.29 is 18.3 Å². The molecule has 7 heteroatoms. The molecular formula is C11H13NO4S2. The highest BCUT2D eigenvalue weighted by molar-refractivity contribution is 7.89. The molecule has 3 rings (SSSR count). The minimum atomic E-state index is -3.48. The van der Waals surface area contributed by atoms with E-state index in [9.17, 15) is 13.2 Å². The van der Waals surface area contributed by atoms with E-state index in [1.54, 1.807) is 0 Å². The van der Waals surface area contributed by atoms with Crippen molar-refractivity contribution in [1.82, 2.24) is 4.31 Å². The van der Waals surface area contributed by atoms with Gasteiger partial charge in [-0.3, -0.25) is 0 Å². The third-order valence-corrected chi connectivity index (χ3v) is 6.70. The third-order valence-electron chi connectivity index (χ3n) is 3.86. The fraction of sp³-hybridized carbons (Fsp3) is 0.545. The fourth-order valence-electron chi connectivity index (χ4n) is 2.58. The zero-order chi connectivity index (χ0) is 13.0. The van der Waals surface area contributed by atoms with Gasteiger partial charge in [-0.1, -0.05) is 6.42 Å². The van der Waals surface area contributed by atoms with Crippen LogP contribution in [0.5, 0.6) is 0 Å². The van der Waals surface area contributed by atoms with Crippen LogP contribution in [0.4, 0.5) is 0 Å². The summed E-state index contributed by atoms with van der Waals surface area (Å²) in [6.45, 7) is 1.18. The second-order valence-corrected chi connectivity index (χ2v) is 7.93. The van der Waals surface area contributed by atoms with Crippen molar-refractivity contribution in [2.75, 3.05) is 13.1 Å². The average molecular weight is 287 g/mol. The van der Waals surface area contributed by atoms with Crippen molar-refractivity contribution in [1.29, 1.82) is 0 Å². The zero-order valence-corrected chi connectivity index (χ0v) is 11.3. The van der Waals surface area contributed by atoms with Crippen molar-refractivity contribution in [3.63, 3.8) is 0 Å². The summed E-state index contributed by atoms with van der Waals surface area (Å²) in [6.07, 6.45) is 3.42. The normalized spacial score (nSPS) is 22.4. The SMILES string of the molecule is O=C(O)c1cc(S(=O)(=O)N2CC3(CCC3)C2)cs1. The van der Waals surface area contributed by atoms with Crippen LogP contribution in [0.2, 0.25) is 0 Å². The average Bonchev–Trinajstić information content (AvgIpc) is 2.60. The number of carboxylic acids is 1. The predicted molar refractivity (Wildman–Crippen MR) is 66.3 cm³/mol. The number of carbonyl (C=O) groups is 1. The van der Waals surface area contributed by atoms with Crippen LogP contribution in [0.15, 0.2) is 16.3 Å². The number of sulfonamides is 1. The quantitative estimate of drug-likeness (QED) is 0.916. The molecule has 2 fully saturated rings. The first-order chi connectivity index (χ1) is 8.43. The van der Waals surface area contributed by atoms with E-state index < -0.39 is 16.0 Å². The second-order valence-electron chi connectivity index (χ2n) is 5.08. The minimum Gasteiger partial charge on any atom is -0.477 e. The smallest absolute Gasteiger partial charge is 0.345 e. The molecule has 2 heterocycles. The van der Waals surface area contributed by atoms with E-state index in [0.29, 0.717) is 13.1 Å². The lowest BCUT2D eigenvalue weighted by molar-refractivity contribution is -0.00793. The Hall–Kier alpha value is -0.920. The van der Waals surface area contributed by atoms with Crippen LogP contribution < -0.4 is 0 Å². The maximum Gasteiger partial charge on any atom is 0.345 e. The van der Waals surface area contributed by atoms with E-state index in [1.807, 2.05) is 0 Å². The number of rotatable bonds is 3. The summed E-state index contributed by atoms with van der Waals surface area (Å²) in [6, 6.07) is 1.24. The summed E-state index contributed by atoms with van der Waals surface area (Å²) in [7, 11) is -3.48. The Morgan fingerprint density at radius 2 is 2.06 bits per heavy atom. The number of hydrogen-bond acceptors (Lipinski definition) is 4. The van der Waals surface area contributed by atoms with Crippen molar-refractivity contribution in [3.8, 4) is 0 Å². The first kappa shape index (κ1) is 12.1. The van der Waals surface area contributed by atoms with Crippen LogP contribution >= 0.6 is 11.3 Å². The highest BCUT2D eigenvalue weighted by atomic mass is 32.2. The number of hydrogen-bond donors (Lipinski definition) is 1.